The zero-order chi connectivity index (χ0) is 15.8. The Morgan fingerprint density at radius 1 is 1.05 bits per heavy atom. The number of nitrogen functional groups attached to an aromatic ring is 1. The van der Waals surface area contributed by atoms with E-state index < -0.39 is 10.0 Å². The van der Waals surface area contributed by atoms with E-state index >= 15 is 0 Å². The molecule has 0 amide bonds. The monoisotopic (exact) mass is 432 g/mol. The summed E-state index contributed by atoms with van der Waals surface area (Å²) in [5.74, 6) is 0. The van der Waals surface area contributed by atoms with Crippen LogP contribution in [0.3, 0.4) is 0 Å². The Morgan fingerprint density at radius 2 is 1.62 bits per heavy atom. The summed E-state index contributed by atoms with van der Waals surface area (Å²) in [6, 6.07) is 8.27. The molecular weight excluding hydrogens is 420 g/mol. The van der Waals surface area contributed by atoms with Gasteiger partial charge >= 0.3 is 0 Å². The van der Waals surface area contributed by atoms with Crippen LogP contribution in [-0.2, 0) is 10.0 Å². The van der Waals surface area contributed by atoms with Crippen LogP contribution in [0.1, 0.15) is 11.1 Å². The predicted molar refractivity (Wildman–Crippen MR) is 93.0 cm³/mol. The lowest BCUT2D eigenvalue weighted by Crippen LogP contribution is -2.15. The lowest BCUT2D eigenvalue weighted by molar-refractivity contribution is 0.601. The molecule has 0 unspecified atom stereocenters. The van der Waals surface area contributed by atoms with Gasteiger partial charge in [-0.3, -0.25) is 4.72 Å². The fourth-order valence-electron chi connectivity index (χ4n) is 1.95. The van der Waals surface area contributed by atoms with Crippen LogP contribution in [0.25, 0.3) is 0 Å². The van der Waals surface area contributed by atoms with Gasteiger partial charge in [0.05, 0.1) is 10.6 Å². The van der Waals surface area contributed by atoms with Crippen molar-refractivity contribution in [3.05, 3.63) is 50.4 Å². The first-order chi connectivity index (χ1) is 9.70. The van der Waals surface area contributed by atoms with E-state index in [4.69, 9.17) is 5.73 Å². The molecular formula is C14H14Br2N2O2S. The standard InChI is InChI=1S/C14H14Br2N2O2S/c1-8-5-10(15)6-9(2)14(8)18-21(19,20)11-3-4-12(16)13(17)7-11/h3-7,18H,17H2,1-2H3. The van der Waals surface area contributed by atoms with Crippen molar-refractivity contribution in [2.45, 2.75) is 18.7 Å². The maximum absolute atomic E-state index is 12.5. The summed E-state index contributed by atoms with van der Waals surface area (Å²) in [6.45, 7) is 3.71. The van der Waals surface area contributed by atoms with E-state index in [9.17, 15) is 8.42 Å². The maximum atomic E-state index is 12.5. The smallest absolute Gasteiger partial charge is 0.261 e. The molecule has 0 bridgehead atoms. The minimum atomic E-state index is -3.68. The molecule has 0 saturated carbocycles. The van der Waals surface area contributed by atoms with Crippen LogP contribution in [0.5, 0.6) is 0 Å². The van der Waals surface area contributed by atoms with Crippen molar-refractivity contribution < 1.29 is 8.42 Å². The third kappa shape index (κ3) is 3.59. The van der Waals surface area contributed by atoms with Crippen molar-refractivity contribution in [3.63, 3.8) is 0 Å². The highest BCUT2D eigenvalue weighted by molar-refractivity contribution is 9.10. The van der Waals surface area contributed by atoms with Gasteiger partial charge < -0.3 is 5.73 Å². The molecule has 0 aromatic heterocycles. The van der Waals surface area contributed by atoms with Crippen molar-refractivity contribution >= 4 is 53.3 Å². The zero-order valence-electron chi connectivity index (χ0n) is 11.4. The number of halogens is 2. The molecule has 0 aliphatic heterocycles. The number of sulfonamides is 1. The normalized spacial score (nSPS) is 11.4. The van der Waals surface area contributed by atoms with Gasteiger partial charge in [0, 0.05) is 14.6 Å². The zero-order valence-corrected chi connectivity index (χ0v) is 15.4. The van der Waals surface area contributed by atoms with E-state index in [1.807, 2.05) is 26.0 Å². The Bertz CT molecular complexity index is 782. The van der Waals surface area contributed by atoms with Crippen molar-refractivity contribution in [1.29, 1.82) is 0 Å². The van der Waals surface area contributed by atoms with Crippen LogP contribution in [0, 0.1) is 13.8 Å². The minimum Gasteiger partial charge on any atom is -0.398 e. The SMILES string of the molecule is Cc1cc(Br)cc(C)c1NS(=O)(=O)c1ccc(Br)c(N)c1. The Labute approximate surface area is 141 Å². The first-order valence-corrected chi connectivity index (χ1v) is 9.12. The van der Waals surface area contributed by atoms with E-state index in [2.05, 4.69) is 36.6 Å². The summed E-state index contributed by atoms with van der Waals surface area (Å²) in [5.41, 5.74) is 8.39. The molecule has 0 saturated heterocycles. The van der Waals surface area contributed by atoms with Gasteiger partial charge in [-0.25, -0.2) is 8.42 Å². The second-order valence-electron chi connectivity index (χ2n) is 4.70. The molecule has 4 nitrogen and oxygen atoms in total. The molecule has 2 aromatic carbocycles. The topological polar surface area (TPSA) is 72.2 Å². The average molecular weight is 434 g/mol. The van der Waals surface area contributed by atoms with Gasteiger partial charge in [-0.15, -0.1) is 0 Å². The van der Waals surface area contributed by atoms with Crippen LogP contribution in [0.15, 0.2) is 44.2 Å². The second-order valence-corrected chi connectivity index (χ2v) is 8.16. The van der Waals surface area contributed by atoms with Crippen LogP contribution in [-0.4, -0.2) is 8.42 Å². The van der Waals surface area contributed by atoms with Crippen LogP contribution in [0.4, 0.5) is 11.4 Å². The molecule has 7 heteroatoms. The Hall–Kier alpha value is -1.05. The van der Waals surface area contributed by atoms with Gasteiger partial charge in [0.15, 0.2) is 0 Å². The van der Waals surface area contributed by atoms with E-state index in [1.54, 1.807) is 6.07 Å². The van der Waals surface area contributed by atoms with E-state index in [0.717, 1.165) is 15.6 Å². The molecule has 3 N–H and O–H groups in total. The minimum absolute atomic E-state index is 0.130. The first kappa shape index (κ1) is 16.3. The summed E-state index contributed by atoms with van der Waals surface area (Å²) in [4.78, 5) is 0.130. The Kier molecular flexibility index (Phi) is 4.65. The van der Waals surface area contributed by atoms with Gasteiger partial charge in [-0.05, 0) is 71.2 Å². The van der Waals surface area contributed by atoms with Crippen LogP contribution < -0.4 is 10.5 Å². The van der Waals surface area contributed by atoms with Gasteiger partial charge in [-0.1, -0.05) is 15.9 Å². The molecule has 0 aliphatic carbocycles. The summed E-state index contributed by atoms with van der Waals surface area (Å²) >= 11 is 6.64. The number of aryl methyl sites for hydroxylation is 2. The number of nitrogens with one attached hydrogen (secondary N) is 1. The Balaban J connectivity index is 2.44. The molecule has 2 rings (SSSR count). The van der Waals surface area contributed by atoms with Crippen molar-refractivity contribution in [2.75, 3.05) is 10.5 Å². The molecule has 0 radical (unpaired) electrons. The highest BCUT2D eigenvalue weighted by Gasteiger charge is 2.17. The molecule has 0 heterocycles. The number of hydrogen-bond acceptors (Lipinski definition) is 3. The van der Waals surface area contributed by atoms with Gasteiger partial charge in [0.2, 0.25) is 0 Å². The van der Waals surface area contributed by atoms with Gasteiger partial charge in [0.1, 0.15) is 0 Å². The summed E-state index contributed by atoms with van der Waals surface area (Å²) < 4.78 is 29.1. The van der Waals surface area contributed by atoms with Gasteiger partial charge in [-0.2, -0.15) is 0 Å². The lowest BCUT2D eigenvalue weighted by Gasteiger charge is -2.14. The quantitative estimate of drug-likeness (QED) is 0.712. The summed E-state index contributed by atoms with van der Waals surface area (Å²) in [5, 5.41) is 0. The average Bonchev–Trinajstić information content (AvgIpc) is 2.37. The Morgan fingerprint density at radius 3 is 2.14 bits per heavy atom. The first-order valence-electron chi connectivity index (χ1n) is 6.05. The van der Waals surface area contributed by atoms with Crippen LogP contribution >= 0.6 is 31.9 Å². The van der Waals surface area contributed by atoms with E-state index in [-0.39, 0.29) is 4.90 Å². The predicted octanol–water partition coefficient (Wildman–Crippen LogP) is 4.21. The number of anilines is 2. The third-order valence-corrected chi connectivity index (χ3v) is 5.54. The summed E-state index contributed by atoms with van der Waals surface area (Å²) in [6.07, 6.45) is 0. The number of hydrogen-bond donors (Lipinski definition) is 2. The molecule has 112 valence electrons. The molecule has 0 aliphatic rings. The highest BCUT2D eigenvalue weighted by atomic mass is 79.9. The van der Waals surface area contributed by atoms with Gasteiger partial charge in [0.25, 0.3) is 10.0 Å². The van der Waals surface area contributed by atoms with Crippen molar-refractivity contribution in [3.8, 4) is 0 Å². The molecule has 0 atom stereocenters. The maximum Gasteiger partial charge on any atom is 0.261 e. The number of rotatable bonds is 3. The number of nitrogens with two attached hydrogens (primary N) is 1. The molecule has 0 spiro atoms. The number of benzene rings is 2. The third-order valence-electron chi connectivity index (χ3n) is 3.01. The highest BCUT2D eigenvalue weighted by Crippen LogP contribution is 2.29. The molecule has 2 aromatic rings. The molecule has 0 fully saturated rings. The molecule has 21 heavy (non-hydrogen) atoms. The largest absolute Gasteiger partial charge is 0.398 e. The fourth-order valence-corrected chi connectivity index (χ4v) is 4.13. The van der Waals surface area contributed by atoms with Crippen LogP contribution in [0.2, 0.25) is 0 Å². The fraction of sp³-hybridized carbons (Fsp3) is 0.143. The van der Waals surface area contributed by atoms with Crippen molar-refractivity contribution in [1.82, 2.24) is 0 Å². The summed E-state index contributed by atoms with van der Waals surface area (Å²) in [7, 11) is -3.68. The van der Waals surface area contributed by atoms with Crippen molar-refractivity contribution in [2.24, 2.45) is 0 Å². The lowest BCUT2D eigenvalue weighted by atomic mass is 10.1. The van der Waals surface area contributed by atoms with E-state index in [0.29, 0.717) is 15.8 Å². The second kappa shape index (κ2) is 5.98. The van der Waals surface area contributed by atoms with E-state index in [1.165, 1.54) is 12.1 Å².